The van der Waals surface area contributed by atoms with Gasteiger partial charge in [0.2, 0.25) is 0 Å². The molecule has 0 bridgehead atoms. The van der Waals surface area contributed by atoms with Crippen molar-refractivity contribution in [2.45, 2.75) is 51.2 Å². The largest absolute Gasteiger partial charge is 0.494 e. The molecule has 2 aromatic rings. The van der Waals surface area contributed by atoms with Crippen molar-refractivity contribution in [3.05, 3.63) is 53.6 Å². The molecule has 1 aliphatic heterocycles. The number of carbonyl (C=O) groups is 1. The van der Waals surface area contributed by atoms with Crippen LogP contribution in [0.1, 0.15) is 50.7 Å². The van der Waals surface area contributed by atoms with Gasteiger partial charge < -0.3 is 19.5 Å². The molecule has 0 aromatic heterocycles. The summed E-state index contributed by atoms with van der Waals surface area (Å²) in [5.74, 6) is 0.143. The third-order valence-corrected chi connectivity index (χ3v) is 6.46. The van der Waals surface area contributed by atoms with Gasteiger partial charge in [-0.1, -0.05) is 0 Å². The molecule has 1 aliphatic rings. The third-order valence-electron chi connectivity index (χ3n) is 6.10. The summed E-state index contributed by atoms with van der Waals surface area (Å²) in [5, 5.41) is 17.9. The molecule has 204 valence electrons. The molecule has 0 aliphatic carbocycles. The Bertz CT molecular complexity index is 1180. The van der Waals surface area contributed by atoms with Crippen LogP contribution in [0.15, 0.2) is 42.5 Å². The topological polar surface area (TPSA) is 86.0 Å². The van der Waals surface area contributed by atoms with Crippen LogP contribution in [0.5, 0.6) is 5.75 Å². The lowest BCUT2D eigenvalue weighted by Gasteiger charge is -2.29. The molecule has 1 heterocycles. The molecule has 2 aromatic carbocycles. The first-order chi connectivity index (χ1) is 18.0. The van der Waals surface area contributed by atoms with Gasteiger partial charge in [0.05, 0.1) is 29.5 Å². The van der Waals surface area contributed by atoms with Crippen LogP contribution < -0.4 is 14.5 Å². The van der Waals surface area contributed by atoms with Crippen molar-refractivity contribution in [1.29, 1.82) is 5.26 Å². The normalized spacial score (nSPS) is 15.2. The van der Waals surface area contributed by atoms with E-state index in [1.54, 1.807) is 43.0 Å². The van der Waals surface area contributed by atoms with E-state index in [0.717, 1.165) is 42.7 Å². The van der Waals surface area contributed by atoms with Crippen LogP contribution in [0.4, 0.5) is 24.5 Å². The number of hydrogen-bond acceptors (Lipinski definition) is 6. The Morgan fingerprint density at radius 3 is 2.21 bits per heavy atom. The fraction of sp³-hybridized carbons (Fsp3) is 0.444. The number of aliphatic hydroxyl groups is 1. The molecule has 3 rings (SSSR count). The van der Waals surface area contributed by atoms with Crippen molar-refractivity contribution in [3.63, 3.8) is 0 Å². The van der Waals surface area contributed by atoms with Gasteiger partial charge in [-0.2, -0.15) is 18.4 Å². The van der Waals surface area contributed by atoms with E-state index >= 15 is 0 Å². The zero-order chi connectivity index (χ0) is 27.9. The van der Waals surface area contributed by atoms with Gasteiger partial charge in [-0.05, 0) is 94.2 Å². The number of alkyl halides is 3. The maximum absolute atomic E-state index is 13.5. The number of benzene rings is 2. The molecule has 1 N–H and O–H groups in total. The number of amides is 1. The second-order valence-electron chi connectivity index (χ2n) is 9.25. The number of hydrogen-bond donors (Lipinski definition) is 1. The first-order valence-corrected chi connectivity index (χ1v) is 12.6. The average molecular weight is 550 g/mol. The molecule has 0 radical (unpaired) electrons. The van der Waals surface area contributed by atoms with Crippen LogP contribution >= 0.6 is 12.2 Å². The summed E-state index contributed by atoms with van der Waals surface area (Å²) < 4.78 is 51.8. The van der Waals surface area contributed by atoms with Crippen LogP contribution in [0, 0.1) is 11.3 Å². The molecular weight excluding hydrogens is 519 g/mol. The predicted octanol–water partition coefficient (Wildman–Crippen LogP) is 5.44. The van der Waals surface area contributed by atoms with E-state index in [4.69, 9.17) is 32.1 Å². The molecule has 0 saturated carbocycles. The summed E-state index contributed by atoms with van der Waals surface area (Å²) in [6.07, 6.45) is -1.54. The summed E-state index contributed by atoms with van der Waals surface area (Å²) in [7, 11) is 0. The predicted molar refractivity (Wildman–Crippen MR) is 141 cm³/mol. The van der Waals surface area contributed by atoms with Crippen molar-refractivity contribution in [3.8, 4) is 11.8 Å². The highest BCUT2D eigenvalue weighted by molar-refractivity contribution is 7.81. The zero-order valence-corrected chi connectivity index (χ0v) is 22.1. The lowest BCUT2D eigenvalue weighted by molar-refractivity contribution is -0.137. The van der Waals surface area contributed by atoms with Crippen molar-refractivity contribution >= 4 is 34.6 Å². The van der Waals surface area contributed by atoms with Crippen LogP contribution in [0.3, 0.4) is 0 Å². The fourth-order valence-electron chi connectivity index (χ4n) is 4.07. The number of carbonyl (C=O) groups excluding carboxylic acids is 1. The number of ether oxygens (including phenoxy) is 2. The van der Waals surface area contributed by atoms with E-state index in [1.807, 2.05) is 0 Å². The monoisotopic (exact) mass is 549 g/mol. The molecule has 1 amide bonds. The molecule has 1 fully saturated rings. The number of rotatable bonds is 12. The SMILES string of the molecule is CC1(C)C(=O)N(c2ccc(C#N)c(C(F)(F)F)c2)C(=S)N1c1ccc(OCCCCOCCCCO)cc1. The lowest BCUT2D eigenvalue weighted by atomic mass is 10.0. The average Bonchev–Trinajstić information content (AvgIpc) is 3.05. The molecule has 0 unspecified atom stereocenters. The summed E-state index contributed by atoms with van der Waals surface area (Å²) >= 11 is 5.56. The summed E-state index contributed by atoms with van der Waals surface area (Å²) in [5.41, 5.74) is -2.29. The molecule has 0 atom stereocenters. The maximum atomic E-state index is 13.5. The van der Waals surface area contributed by atoms with E-state index in [0.29, 0.717) is 31.3 Å². The van der Waals surface area contributed by atoms with Gasteiger partial charge in [-0.15, -0.1) is 0 Å². The van der Waals surface area contributed by atoms with E-state index in [9.17, 15) is 18.0 Å². The van der Waals surface area contributed by atoms with Gasteiger partial charge in [0, 0.05) is 25.5 Å². The molecular formula is C27H30F3N3O4S. The van der Waals surface area contributed by atoms with Crippen molar-refractivity contribution < 1.29 is 32.5 Å². The van der Waals surface area contributed by atoms with Crippen LogP contribution in [0.25, 0.3) is 0 Å². The Morgan fingerprint density at radius 1 is 1.00 bits per heavy atom. The number of unbranched alkanes of at least 4 members (excludes halogenated alkanes) is 2. The Balaban J connectivity index is 1.67. The van der Waals surface area contributed by atoms with Crippen molar-refractivity contribution in [2.75, 3.05) is 36.2 Å². The third kappa shape index (κ3) is 6.62. The Kier molecular flexibility index (Phi) is 9.71. The highest BCUT2D eigenvalue weighted by Gasteiger charge is 2.50. The number of halogens is 3. The molecule has 38 heavy (non-hydrogen) atoms. The second kappa shape index (κ2) is 12.6. The number of anilines is 2. The summed E-state index contributed by atoms with van der Waals surface area (Å²) in [6, 6.07) is 11.6. The summed E-state index contributed by atoms with van der Waals surface area (Å²) in [4.78, 5) is 16.0. The van der Waals surface area contributed by atoms with Crippen LogP contribution in [0.2, 0.25) is 0 Å². The highest BCUT2D eigenvalue weighted by Crippen LogP contribution is 2.39. The molecule has 7 nitrogen and oxygen atoms in total. The number of aliphatic hydroxyl groups excluding tert-OH is 1. The fourth-order valence-corrected chi connectivity index (χ4v) is 4.59. The first kappa shape index (κ1) is 29.4. The Hall–Kier alpha value is -3.20. The lowest BCUT2D eigenvalue weighted by Crippen LogP contribution is -2.44. The van der Waals surface area contributed by atoms with E-state index < -0.39 is 28.7 Å². The van der Waals surface area contributed by atoms with E-state index in [-0.39, 0.29) is 17.4 Å². The van der Waals surface area contributed by atoms with Gasteiger partial charge in [-0.25, -0.2) is 0 Å². The zero-order valence-electron chi connectivity index (χ0n) is 21.3. The Labute approximate surface area is 225 Å². The van der Waals surface area contributed by atoms with Crippen LogP contribution in [-0.2, 0) is 15.7 Å². The van der Waals surface area contributed by atoms with Crippen molar-refractivity contribution in [2.24, 2.45) is 0 Å². The minimum Gasteiger partial charge on any atom is -0.494 e. The van der Waals surface area contributed by atoms with E-state index in [1.165, 1.54) is 12.1 Å². The standard InChI is InChI=1S/C27H30F3N3O4S/c1-26(2)24(35)32(21-8-7-19(18-31)23(17-21)27(28,29)30)25(38)33(26)20-9-11-22(12-10-20)37-16-6-5-15-36-14-4-3-13-34/h7-12,17,34H,3-6,13-16H2,1-2H3. The number of nitrogens with zero attached hydrogens (tertiary/aromatic N) is 3. The molecule has 1 saturated heterocycles. The highest BCUT2D eigenvalue weighted by atomic mass is 32.1. The van der Waals surface area contributed by atoms with Gasteiger partial charge in [-0.3, -0.25) is 9.69 Å². The quantitative estimate of drug-likeness (QED) is 0.279. The number of thiocarbonyl (C=S) groups is 1. The minimum absolute atomic E-state index is 0.0329. The Morgan fingerprint density at radius 2 is 1.61 bits per heavy atom. The van der Waals surface area contributed by atoms with Gasteiger partial charge in [0.1, 0.15) is 11.3 Å². The second-order valence-corrected chi connectivity index (χ2v) is 9.61. The van der Waals surface area contributed by atoms with Crippen molar-refractivity contribution in [1.82, 2.24) is 0 Å². The van der Waals surface area contributed by atoms with Gasteiger partial charge in [0.15, 0.2) is 5.11 Å². The maximum Gasteiger partial charge on any atom is 0.417 e. The molecule has 11 heteroatoms. The number of nitriles is 1. The van der Waals surface area contributed by atoms with Crippen LogP contribution in [-0.4, -0.2) is 48.1 Å². The smallest absolute Gasteiger partial charge is 0.417 e. The van der Waals surface area contributed by atoms with Gasteiger partial charge in [0.25, 0.3) is 5.91 Å². The minimum atomic E-state index is -4.76. The first-order valence-electron chi connectivity index (χ1n) is 12.2. The summed E-state index contributed by atoms with van der Waals surface area (Å²) in [6.45, 7) is 5.22. The van der Waals surface area contributed by atoms with Gasteiger partial charge >= 0.3 is 6.18 Å². The molecule has 0 spiro atoms. The van der Waals surface area contributed by atoms with E-state index in [2.05, 4.69) is 0 Å².